The Morgan fingerprint density at radius 2 is 1.82 bits per heavy atom. The van der Waals surface area contributed by atoms with Crippen molar-refractivity contribution in [3.8, 4) is 0 Å². The Labute approximate surface area is 97.3 Å². The van der Waals surface area contributed by atoms with Crippen molar-refractivity contribution in [1.82, 2.24) is 4.98 Å². The molecule has 1 aliphatic heterocycles. The minimum absolute atomic E-state index is 0.109. The van der Waals surface area contributed by atoms with Crippen molar-refractivity contribution in [2.75, 3.05) is 0 Å². The lowest BCUT2D eigenvalue weighted by Crippen LogP contribution is -2.27. The number of benzene rings is 1. The first-order valence-corrected chi connectivity index (χ1v) is 6.35. The van der Waals surface area contributed by atoms with E-state index in [9.17, 15) is 8.42 Å². The van der Waals surface area contributed by atoms with Crippen molar-refractivity contribution in [3.63, 3.8) is 0 Å². The standard InChI is InChI=1S/C11H7N3O2S/c15-17(16)10-6-2-1-4-8(10)13-11-9(14-17)5-3-7-12-11/h1-7H. The molecule has 1 aromatic heterocycles. The highest BCUT2D eigenvalue weighted by molar-refractivity contribution is 7.90. The third kappa shape index (κ3) is 1.62. The molecule has 2 heterocycles. The molecule has 3 rings (SSSR count). The summed E-state index contributed by atoms with van der Waals surface area (Å²) in [5, 5.41) is 0.267. The van der Waals surface area contributed by atoms with E-state index < -0.39 is 10.0 Å². The number of sulfonamides is 1. The van der Waals surface area contributed by atoms with Gasteiger partial charge < -0.3 is 0 Å². The van der Waals surface area contributed by atoms with Gasteiger partial charge in [0.1, 0.15) is 10.3 Å². The summed E-state index contributed by atoms with van der Waals surface area (Å²) in [4.78, 5) is 8.34. The molecular weight excluding hydrogens is 238 g/mol. The molecule has 0 atom stereocenters. The lowest BCUT2D eigenvalue weighted by atomic mass is 10.3. The predicted molar refractivity (Wildman–Crippen MR) is 59.8 cm³/mol. The quantitative estimate of drug-likeness (QED) is 0.672. The molecule has 0 bridgehead atoms. The molecule has 1 aliphatic rings. The highest BCUT2D eigenvalue weighted by atomic mass is 32.2. The number of para-hydroxylation sites is 1. The Hall–Kier alpha value is -2.08. The van der Waals surface area contributed by atoms with E-state index in [2.05, 4.69) is 14.4 Å². The van der Waals surface area contributed by atoms with Gasteiger partial charge in [-0.2, -0.15) is 12.8 Å². The van der Waals surface area contributed by atoms with Gasteiger partial charge in [0.15, 0.2) is 5.49 Å². The van der Waals surface area contributed by atoms with Gasteiger partial charge in [-0.25, -0.2) is 9.98 Å². The van der Waals surface area contributed by atoms with E-state index in [1.165, 1.54) is 6.07 Å². The normalized spacial score (nSPS) is 15.8. The number of nitrogens with zero attached hydrogens (tertiary/aromatic N) is 3. The van der Waals surface area contributed by atoms with Gasteiger partial charge in [0, 0.05) is 6.20 Å². The molecule has 0 N–H and O–H groups in total. The van der Waals surface area contributed by atoms with Gasteiger partial charge in [-0.05, 0) is 24.3 Å². The molecule has 0 radical (unpaired) electrons. The topological polar surface area (TPSA) is 71.8 Å². The third-order valence-electron chi connectivity index (χ3n) is 2.35. The molecule has 0 fully saturated rings. The minimum atomic E-state index is -3.70. The molecule has 0 unspecified atom stereocenters. The number of aromatic nitrogens is 1. The van der Waals surface area contributed by atoms with E-state index in [-0.39, 0.29) is 10.3 Å². The molecule has 0 saturated carbocycles. The van der Waals surface area contributed by atoms with Gasteiger partial charge in [-0.1, -0.05) is 12.1 Å². The Morgan fingerprint density at radius 3 is 2.71 bits per heavy atom. The maximum Gasteiger partial charge on any atom is 0.285 e. The molecule has 1 aromatic carbocycles. The number of hydrogen-bond donors (Lipinski definition) is 0. The van der Waals surface area contributed by atoms with Gasteiger partial charge in [-0.15, -0.1) is 0 Å². The average molecular weight is 245 g/mol. The maximum absolute atomic E-state index is 12.0. The van der Waals surface area contributed by atoms with Crippen LogP contribution in [0.4, 0.5) is 5.69 Å². The van der Waals surface area contributed by atoms with E-state index in [1.54, 1.807) is 36.5 Å². The maximum atomic E-state index is 12.0. The summed E-state index contributed by atoms with van der Waals surface area (Å²) >= 11 is 0. The second-order valence-electron chi connectivity index (χ2n) is 3.49. The van der Waals surface area contributed by atoms with Crippen molar-refractivity contribution in [1.29, 1.82) is 0 Å². The van der Waals surface area contributed by atoms with Crippen molar-refractivity contribution in [2.24, 2.45) is 9.39 Å². The van der Waals surface area contributed by atoms with Gasteiger partial charge in [0.25, 0.3) is 10.0 Å². The summed E-state index contributed by atoms with van der Waals surface area (Å²) in [6, 6.07) is 9.70. The zero-order valence-corrected chi connectivity index (χ0v) is 9.42. The summed E-state index contributed by atoms with van der Waals surface area (Å²) in [6.45, 7) is 0. The fraction of sp³-hybridized carbons (Fsp3) is 0. The first kappa shape index (κ1) is 10.1. The van der Waals surface area contributed by atoms with Crippen molar-refractivity contribution in [3.05, 3.63) is 53.4 Å². The number of fused-ring (bicyclic) bond motifs is 2. The minimum Gasteiger partial charge on any atom is -0.235 e. The molecule has 6 heteroatoms. The van der Waals surface area contributed by atoms with Gasteiger partial charge in [0.2, 0.25) is 0 Å². The number of hydrogen-bond acceptors (Lipinski definition) is 4. The molecule has 17 heavy (non-hydrogen) atoms. The lowest BCUT2D eigenvalue weighted by molar-refractivity contribution is 0.597. The molecule has 5 nitrogen and oxygen atoms in total. The summed E-state index contributed by atoms with van der Waals surface area (Å²) in [6.07, 6.45) is 1.55. The second-order valence-corrected chi connectivity index (χ2v) is 5.06. The zero-order valence-electron chi connectivity index (χ0n) is 8.61. The molecule has 0 amide bonds. The van der Waals surface area contributed by atoms with E-state index in [0.29, 0.717) is 11.2 Å². The average Bonchev–Trinajstić information content (AvgIpc) is 2.42. The molecule has 0 aliphatic carbocycles. The largest absolute Gasteiger partial charge is 0.285 e. The summed E-state index contributed by atoms with van der Waals surface area (Å²) in [5.74, 6) is 0. The summed E-state index contributed by atoms with van der Waals surface area (Å²) < 4.78 is 27.7. The Morgan fingerprint density at radius 1 is 1.00 bits per heavy atom. The third-order valence-corrected chi connectivity index (χ3v) is 3.69. The Kier molecular flexibility index (Phi) is 2.05. The van der Waals surface area contributed by atoms with E-state index in [1.807, 2.05) is 0 Å². The molecule has 0 spiro atoms. The number of pyridine rings is 1. The SMILES string of the molecule is O=S1(=O)N=c2cccnc2=Nc2ccccc21. The van der Waals surface area contributed by atoms with Crippen LogP contribution in [0.2, 0.25) is 0 Å². The zero-order chi connectivity index (χ0) is 11.9. The summed E-state index contributed by atoms with van der Waals surface area (Å²) in [5.41, 5.74) is 0.690. The van der Waals surface area contributed by atoms with Gasteiger partial charge in [-0.3, -0.25) is 0 Å². The molecule has 2 aromatic rings. The van der Waals surface area contributed by atoms with Crippen LogP contribution >= 0.6 is 0 Å². The van der Waals surface area contributed by atoms with E-state index in [4.69, 9.17) is 0 Å². The first-order chi connectivity index (χ1) is 8.17. The van der Waals surface area contributed by atoms with Crippen LogP contribution in [0.5, 0.6) is 0 Å². The molecule has 84 valence electrons. The van der Waals surface area contributed by atoms with Crippen LogP contribution in [0.25, 0.3) is 0 Å². The lowest BCUT2D eigenvalue weighted by Gasteiger charge is -1.99. The van der Waals surface area contributed by atoms with Crippen LogP contribution in [0.15, 0.2) is 56.9 Å². The van der Waals surface area contributed by atoms with Gasteiger partial charge in [0.05, 0.1) is 5.69 Å². The van der Waals surface area contributed by atoms with Crippen LogP contribution in [0, 0.1) is 0 Å². The van der Waals surface area contributed by atoms with Crippen molar-refractivity contribution < 1.29 is 8.42 Å². The highest BCUT2D eigenvalue weighted by Gasteiger charge is 2.19. The summed E-state index contributed by atoms with van der Waals surface area (Å²) in [7, 11) is -3.70. The Balaban J connectivity index is 2.55. The van der Waals surface area contributed by atoms with Crippen LogP contribution in [-0.2, 0) is 10.0 Å². The highest BCUT2D eigenvalue weighted by Crippen LogP contribution is 2.25. The predicted octanol–water partition coefficient (Wildman–Crippen LogP) is 0.355. The molecule has 0 saturated heterocycles. The first-order valence-electron chi connectivity index (χ1n) is 4.91. The monoisotopic (exact) mass is 245 g/mol. The van der Waals surface area contributed by atoms with Crippen molar-refractivity contribution >= 4 is 15.7 Å². The fourth-order valence-corrected chi connectivity index (χ4v) is 2.73. The fourth-order valence-electron chi connectivity index (χ4n) is 1.61. The molecular formula is C11H7N3O2S. The van der Waals surface area contributed by atoms with Crippen LogP contribution < -0.4 is 10.8 Å². The van der Waals surface area contributed by atoms with E-state index in [0.717, 1.165) is 0 Å². The number of rotatable bonds is 0. The van der Waals surface area contributed by atoms with E-state index >= 15 is 0 Å². The van der Waals surface area contributed by atoms with Crippen LogP contribution in [0.1, 0.15) is 0 Å². The van der Waals surface area contributed by atoms with Crippen LogP contribution in [0.3, 0.4) is 0 Å². The van der Waals surface area contributed by atoms with Crippen LogP contribution in [-0.4, -0.2) is 13.4 Å². The van der Waals surface area contributed by atoms with Crippen molar-refractivity contribution in [2.45, 2.75) is 4.90 Å². The Bertz CT molecular complexity index is 813. The smallest absolute Gasteiger partial charge is 0.235 e. The van der Waals surface area contributed by atoms with Gasteiger partial charge >= 0.3 is 0 Å². The second kappa shape index (κ2) is 3.46.